The third kappa shape index (κ3) is 7.56. The van der Waals surface area contributed by atoms with Crippen LogP contribution in [0.3, 0.4) is 0 Å². The standard InChI is InChI=1S/C15H31NO/c1-8-15(6,12-16-11-13(2)3)10-9-14(4,5)17-7/h8,13,16H,1,9-12H2,2-7H3. The van der Waals surface area contributed by atoms with Crippen molar-refractivity contribution in [3.8, 4) is 0 Å². The zero-order chi connectivity index (χ0) is 13.5. The molecule has 0 radical (unpaired) electrons. The fraction of sp³-hybridized carbons (Fsp3) is 0.867. The molecule has 1 unspecified atom stereocenters. The summed E-state index contributed by atoms with van der Waals surface area (Å²) in [5.41, 5.74) is 0.118. The van der Waals surface area contributed by atoms with Gasteiger partial charge in [0.05, 0.1) is 5.60 Å². The molecule has 0 aromatic heterocycles. The van der Waals surface area contributed by atoms with Crippen LogP contribution >= 0.6 is 0 Å². The molecular weight excluding hydrogens is 210 g/mol. The highest BCUT2D eigenvalue weighted by atomic mass is 16.5. The molecule has 0 aromatic carbocycles. The normalized spacial score (nSPS) is 15.9. The fourth-order valence-corrected chi connectivity index (χ4v) is 1.60. The molecule has 2 nitrogen and oxygen atoms in total. The number of hydrogen-bond donors (Lipinski definition) is 1. The summed E-state index contributed by atoms with van der Waals surface area (Å²) in [5, 5.41) is 3.52. The van der Waals surface area contributed by atoms with Crippen LogP contribution in [-0.2, 0) is 4.74 Å². The lowest BCUT2D eigenvalue weighted by molar-refractivity contribution is 0.00762. The van der Waals surface area contributed by atoms with Gasteiger partial charge in [-0.1, -0.05) is 26.8 Å². The average molecular weight is 241 g/mol. The molecule has 0 heterocycles. The molecule has 0 aromatic rings. The van der Waals surface area contributed by atoms with Gasteiger partial charge < -0.3 is 10.1 Å². The van der Waals surface area contributed by atoms with Gasteiger partial charge in [0, 0.05) is 13.7 Å². The van der Waals surface area contributed by atoms with Crippen LogP contribution in [0.2, 0.25) is 0 Å². The molecule has 0 bridgehead atoms. The Morgan fingerprint density at radius 3 is 2.24 bits per heavy atom. The van der Waals surface area contributed by atoms with Gasteiger partial charge in [0.25, 0.3) is 0 Å². The molecule has 0 saturated heterocycles. The highest BCUT2D eigenvalue weighted by Crippen LogP contribution is 2.28. The molecule has 0 saturated carbocycles. The lowest BCUT2D eigenvalue weighted by Crippen LogP contribution is -2.34. The Kier molecular flexibility index (Phi) is 7.03. The highest BCUT2D eigenvalue weighted by molar-refractivity contribution is 4.94. The van der Waals surface area contributed by atoms with Crippen LogP contribution in [0, 0.1) is 11.3 Å². The molecule has 2 heteroatoms. The van der Waals surface area contributed by atoms with Gasteiger partial charge in [-0.15, -0.1) is 6.58 Å². The van der Waals surface area contributed by atoms with Crippen LogP contribution in [0.1, 0.15) is 47.5 Å². The second-order valence-corrected chi connectivity index (χ2v) is 6.35. The first kappa shape index (κ1) is 16.7. The van der Waals surface area contributed by atoms with Crippen LogP contribution in [-0.4, -0.2) is 25.8 Å². The van der Waals surface area contributed by atoms with Crippen molar-refractivity contribution in [3.63, 3.8) is 0 Å². The molecule has 1 N–H and O–H groups in total. The Balaban J connectivity index is 4.14. The summed E-state index contributed by atoms with van der Waals surface area (Å²) in [4.78, 5) is 0. The zero-order valence-corrected chi connectivity index (χ0v) is 12.6. The first-order valence-corrected chi connectivity index (χ1v) is 6.64. The van der Waals surface area contributed by atoms with Gasteiger partial charge >= 0.3 is 0 Å². The summed E-state index contributed by atoms with van der Waals surface area (Å²) in [6.07, 6.45) is 4.23. The number of nitrogens with one attached hydrogen (secondary N) is 1. The van der Waals surface area contributed by atoms with Gasteiger partial charge in [0.2, 0.25) is 0 Å². The quantitative estimate of drug-likeness (QED) is 0.622. The van der Waals surface area contributed by atoms with E-state index in [0.717, 1.165) is 25.9 Å². The first-order chi connectivity index (χ1) is 7.74. The minimum absolute atomic E-state index is 0.0394. The van der Waals surface area contributed by atoms with Crippen molar-refractivity contribution in [1.82, 2.24) is 5.32 Å². The maximum Gasteiger partial charge on any atom is 0.0623 e. The molecule has 102 valence electrons. The van der Waals surface area contributed by atoms with E-state index in [2.05, 4.69) is 52.6 Å². The molecule has 0 aliphatic heterocycles. The van der Waals surface area contributed by atoms with E-state index < -0.39 is 0 Å². The van der Waals surface area contributed by atoms with E-state index in [4.69, 9.17) is 4.74 Å². The lowest BCUT2D eigenvalue weighted by Gasteiger charge is -2.31. The van der Waals surface area contributed by atoms with E-state index in [1.807, 2.05) is 0 Å². The van der Waals surface area contributed by atoms with E-state index in [-0.39, 0.29) is 11.0 Å². The van der Waals surface area contributed by atoms with Gasteiger partial charge in [0.15, 0.2) is 0 Å². The van der Waals surface area contributed by atoms with Crippen LogP contribution in [0.4, 0.5) is 0 Å². The summed E-state index contributed by atoms with van der Waals surface area (Å²) in [5.74, 6) is 0.694. The predicted octanol–water partition coefficient (Wildman–Crippen LogP) is 3.63. The predicted molar refractivity (Wildman–Crippen MR) is 76.3 cm³/mol. The molecule has 0 spiro atoms. The van der Waals surface area contributed by atoms with Crippen LogP contribution in [0.25, 0.3) is 0 Å². The minimum atomic E-state index is -0.0394. The summed E-state index contributed by atoms with van der Waals surface area (Å²) in [6, 6.07) is 0. The third-order valence-electron chi connectivity index (χ3n) is 3.42. The summed E-state index contributed by atoms with van der Waals surface area (Å²) in [7, 11) is 1.78. The SMILES string of the molecule is C=CC(C)(CCC(C)(C)OC)CNCC(C)C. The number of hydrogen-bond acceptors (Lipinski definition) is 2. The van der Waals surface area contributed by atoms with Crippen LogP contribution in [0.5, 0.6) is 0 Å². The molecule has 17 heavy (non-hydrogen) atoms. The third-order valence-corrected chi connectivity index (χ3v) is 3.42. The lowest BCUT2D eigenvalue weighted by atomic mass is 9.82. The van der Waals surface area contributed by atoms with Gasteiger partial charge in [-0.3, -0.25) is 0 Å². The summed E-state index contributed by atoms with van der Waals surface area (Å²) in [6.45, 7) is 17.0. The number of ether oxygens (including phenoxy) is 1. The Labute approximate surface area is 108 Å². The molecule has 0 amide bonds. The van der Waals surface area contributed by atoms with Crippen molar-refractivity contribution in [2.24, 2.45) is 11.3 Å². The fourth-order valence-electron chi connectivity index (χ4n) is 1.60. The zero-order valence-electron chi connectivity index (χ0n) is 12.6. The molecule has 1 atom stereocenters. The molecule has 0 fully saturated rings. The second kappa shape index (κ2) is 7.17. The van der Waals surface area contributed by atoms with E-state index in [0.29, 0.717) is 5.92 Å². The summed E-state index contributed by atoms with van der Waals surface area (Å²) < 4.78 is 5.47. The van der Waals surface area contributed by atoms with Gasteiger partial charge in [-0.2, -0.15) is 0 Å². The summed E-state index contributed by atoms with van der Waals surface area (Å²) >= 11 is 0. The number of rotatable bonds is 9. The van der Waals surface area contributed by atoms with Crippen LogP contribution < -0.4 is 5.32 Å². The Morgan fingerprint density at radius 2 is 1.82 bits per heavy atom. The molecular formula is C15H31NO. The van der Waals surface area contributed by atoms with Crippen molar-refractivity contribution < 1.29 is 4.74 Å². The Hall–Kier alpha value is -0.340. The molecule has 0 rings (SSSR count). The van der Waals surface area contributed by atoms with E-state index in [1.54, 1.807) is 7.11 Å². The maximum atomic E-state index is 5.47. The molecule has 0 aliphatic carbocycles. The van der Waals surface area contributed by atoms with E-state index >= 15 is 0 Å². The Bertz CT molecular complexity index is 223. The average Bonchev–Trinajstić information content (AvgIpc) is 2.26. The van der Waals surface area contributed by atoms with Crippen molar-refractivity contribution >= 4 is 0 Å². The minimum Gasteiger partial charge on any atom is -0.379 e. The topological polar surface area (TPSA) is 21.3 Å². The Morgan fingerprint density at radius 1 is 1.24 bits per heavy atom. The van der Waals surface area contributed by atoms with Crippen molar-refractivity contribution in [2.45, 2.75) is 53.1 Å². The van der Waals surface area contributed by atoms with Gasteiger partial charge in [-0.25, -0.2) is 0 Å². The van der Waals surface area contributed by atoms with E-state index in [9.17, 15) is 0 Å². The maximum absolute atomic E-state index is 5.47. The van der Waals surface area contributed by atoms with Gasteiger partial charge in [-0.05, 0) is 44.6 Å². The highest BCUT2D eigenvalue weighted by Gasteiger charge is 2.25. The van der Waals surface area contributed by atoms with Crippen molar-refractivity contribution in [2.75, 3.05) is 20.2 Å². The molecule has 0 aliphatic rings. The smallest absolute Gasteiger partial charge is 0.0623 e. The van der Waals surface area contributed by atoms with E-state index in [1.165, 1.54) is 0 Å². The monoisotopic (exact) mass is 241 g/mol. The van der Waals surface area contributed by atoms with Crippen molar-refractivity contribution in [1.29, 1.82) is 0 Å². The largest absolute Gasteiger partial charge is 0.379 e. The van der Waals surface area contributed by atoms with Gasteiger partial charge in [0.1, 0.15) is 0 Å². The number of methoxy groups -OCH3 is 1. The second-order valence-electron chi connectivity index (χ2n) is 6.35. The van der Waals surface area contributed by atoms with Crippen molar-refractivity contribution in [3.05, 3.63) is 12.7 Å². The van der Waals surface area contributed by atoms with Crippen LogP contribution in [0.15, 0.2) is 12.7 Å². The first-order valence-electron chi connectivity index (χ1n) is 6.64.